The Morgan fingerprint density at radius 2 is 2.50 bits per heavy atom. The summed E-state index contributed by atoms with van der Waals surface area (Å²) in [6.07, 6.45) is 1.21. The maximum Gasteiger partial charge on any atom is 0.164 e. The summed E-state index contributed by atoms with van der Waals surface area (Å²) in [5, 5.41) is 3.79. The monoisotopic (exact) mass is 178 g/mol. The highest BCUT2D eigenvalue weighted by molar-refractivity contribution is 7.08. The Labute approximate surface area is 76.4 Å². The number of rotatable bonds is 3. The second-order valence-corrected chi connectivity index (χ2v) is 3.14. The van der Waals surface area contributed by atoms with E-state index in [0.717, 1.165) is 5.56 Å². The van der Waals surface area contributed by atoms with E-state index in [9.17, 15) is 4.79 Å². The molecule has 0 N–H and O–H groups in total. The lowest BCUT2D eigenvalue weighted by Crippen LogP contribution is -1.95. The van der Waals surface area contributed by atoms with Crippen LogP contribution in [-0.4, -0.2) is 5.78 Å². The Bertz CT molecular complexity index is 300. The highest BCUT2D eigenvalue weighted by atomic mass is 32.1. The number of hydrogen-bond donors (Lipinski definition) is 0. The summed E-state index contributed by atoms with van der Waals surface area (Å²) in [4.78, 5) is 11.3. The number of carbonyl (C=O) groups is 1. The van der Waals surface area contributed by atoms with Gasteiger partial charge in [-0.15, -0.1) is 11.8 Å². The van der Waals surface area contributed by atoms with Gasteiger partial charge in [0.25, 0.3) is 0 Å². The van der Waals surface area contributed by atoms with Gasteiger partial charge >= 0.3 is 0 Å². The van der Waals surface area contributed by atoms with Crippen LogP contribution in [0.3, 0.4) is 0 Å². The maximum absolute atomic E-state index is 11.3. The predicted molar refractivity (Wildman–Crippen MR) is 51.3 cm³/mol. The molecular weight excluding hydrogens is 168 g/mol. The average Bonchev–Trinajstić information content (AvgIpc) is 2.56. The number of Topliss-reactive ketones (excluding diaryl/α,β-unsaturated/α-hetero) is 1. The summed E-state index contributed by atoms with van der Waals surface area (Å²) in [6.45, 7) is 1.79. The zero-order valence-corrected chi connectivity index (χ0v) is 7.78. The zero-order chi connectivity index (χ0) is 8.81. The lowest BCUT2D eigenvalue weighted by atomic mass is 10.1. The molecule has 1 aromatic heterocycles. The molecule has 0 amide bonds. The molecule has 1 nitrogen and oxygen atoms in total. The summed E-state index contributed by atoms with van der Waals surface area (Å²) >= 11 is 1.55. The van der Waals surface area contributed by atoms with Gasteiger partial charge in [-0.25, -0.2) is 0 Å². The van der Waals surface area contributed by atoms with Gasteiger partial charge in [-0.1, -0.05) is 0 Å². The molecule has 0 bridgehead atoms. The fraction of sp³-hybridized carbons (Fsp3) is 0.300. The van der Waals surface area contributed by atoms with Crippen LogP contribution in [0.25, 0.3) is 0 Å². The van der Waals surface area contributed by atoms with Crippen molar-refractivity contribution in [1.29, 1.82) is 0 Å². The molecule has 0 spiro atoms. The quantitative estimate of drug-likeness (QED) is 0.514. The predicted octanol–water partition coefficient (Wildman–Crippen LogP) is 2.73. The smallest absolute Gasteiger partial charge is 0.164 e. The minimum absolute atomic E-state index is 0.194. The van der Waals surface area contributed by atoms with Gasteiger partial charge in [-0.3, -0.25) is 4.79 Å². The molecule has 1 aromatic rings. The minimum Gasteiger partial charge on any atom is -0.294 e. The van der Waals surface area contributed by atoms with Crippen molar-refractivity contribution in [2.24, 2.45) is 0 Å². The first-order chi connectivity index (χ1) is 5.84. The minimum atomic E-state index is 0.194. The van der Waals surface area contributed by atoms with Crippen LogP contribution in [0.5, 0.6) is 0 Å². The van der Waals surface area contributed by atoms with Gasteiger partial charge in [-0.05, 0) is 18.4 Å². The summed E-state index contributed by atoms with van der Waals surface area (Å²) in [6, 6.07) is 1.85. The molecule has 1 heterocycles. The summed E-state index contributed by atoms with van der Waals surface area (Å²) < 4.78 is 0. The van der Waals surface area contributed by atoms with Crippen LogP contribution in [0, 0.1) is 11.8 Å². The zero-order valence-electron chi connectivity index (χ0n) is 6.96. The maximum atomic E-state index is 11.3. The third kappa shape index (κ3) is 2.52. The number of ketones is 1. The molecule has 0 saturated carbocycles. The lowest BCUT2D eigenvalue weighted by molar-refractivity contribution is 0.0985. The van der Waals surface area contributed by atoms with E-state index >= 15 is 0 Å². The van der Waals surface area contributed by atoms with Crippen molar-refractivity contribution in [3.05, 3.63) is 22.4 Å². The van der Waals surface area contributed by atoms with E-state index < -0.39 is 0 Å². The standard InChI is InChI=1S/C10H10OS/c1-2-3-4-5-10(11)9-6-7-12-8-9/h6-8H,4-5H2,1H3. The molecule has 0 radical (unpaired) electrons. The first-order valence-corrected chi connectivity index (χ1v) is 4.74. The Balaban J connectivity index is 2.43. The van der Waals surface area contributed by atoms with Crippen LogP contribution in [0.4, 0.5) is 0 Å². The molecule has 1 rings (SSSR count). The van der Waals surface area contributed by atoms with Gasteiger partial charge in [-0.2, -0.15) is 11.3 Å². The molecule has 0 unspecified atom stereocenters. The fourth-order valence-corrected chi connectivity index (χ4v) is 1.53. The van der Waals surface area contributed by atoms with Crippen LogP contribution in [-0.2, 0) is 0 Å². The summed E-state index contributed by atoms with van der Waals surface area (Å²) in [5.41, 5.74) is 0.818. The normalized spacial score (nSPS) is 8.75. The Morgan fingerprint density at radius 1 is 1.67 bits per heavy atom. The van der Waals surface area contributed by atoms with Crippen LogP contribution < -0.4 is 0 Å². The fourth-order valence-electron chi connectivity index (χ4n) is 0.868. The molecule has 0 atom stereocenters. The average molecular weight is 178 g/mol. The lowest BCUT2D eigenvalue weighted by Gasteiger charge is -1.91. The van der Waals surface area contributed by atoms with E-state index in [0.29, 0.717) is 12.8 Å². The highest BCUT2D eigenvalue weighted by Crippen LogP contribution is 2.09. The van der Waals surface area contributed by atoms with Crippen molar-refractivity contribution < 1.29 is 4.79 Å². The number of hydrogen-bond acceptors (Lipinski definition) is 2. The van der Waals surface area contributed by atoms with Gasteiger partial charge in [0.1, 0.15) is 0 Å². The second kappa shape index (κ2) is 4.74. The first-order valence-electron chi connectivity index (χ1n) is 3.79. The highest BCUT2D eigenvalue weighted by Gasteiger charge is 2.03. The van der Waals surface area contributed by atoms with Gasteiger partial charge in [0.05, 0.1) is 0 Å². The molecular formula is C10H10OS. The van der Waals surface area contributed by atoms with Crippen molar-refractivity contribution in [1.82, 2.24) is 0 Å². The summed E-state index contributed by atoms with van der Waals surface area (Å²) in [7, 11) is 0. The summed E-state index contributed by atoms with van der Waals surface area (Å²) in [5.74, 6) is 5.84. The van der Waals surface area contributed by atoms with Crippen molar-refractivity contribution in [2.75, 3.05) is 0 Å². The Morgan fingerprint density at radius 3 is 3.08 bits per heavy atom. The van der Waals surface area contributed by atoms with Gasteiger partial charge in [0, 0.05) is 23.8 Å². The number of carbonyl (C=O) groups excluding carboxylic acids is 1. The molecule has 0 saturated heterocycles. The van der Waals surface area contributed by atoms with Gasteiger partial charge in [0.2, 0.25) is 0 Å². The molecule has 0 aliphatic rings. The van der Waals surface area contributed by atoms with Gasteiger partial charge in [0.15, 0.2) is 5.78 Å². The van der Waals surface area contributed by atoms with Crippen LogP contribution >= 0.6 is 11.3 Å². The first kappa shape index (κ1) is 9.02. The molecule has 62 valence electrons. The molecule has 2 heteroatoms. The molecule has 0 aliphatic heterocycles. The van der Waals surface area contributed by atoms with Crippen molar-refractivity contribution in [2.45, 2.75) is 19.8 Å². The van der Waals surface area contributed by atoms with E-state index in [1.807, 2.05) is 16.8 Å². The van der Waals surface area contributed by atoms with E-state index in [1.54, 1.807) is 18.3 Å². The van der Waals surface area contributed by atoms with E-state index in [-0.39, 0.29) is 5.78 Å². The molecule has 0 fully saturated rings. The molecule has 0 aromatic carbocycles. The van der Waals surface area contributed by atoms with Gasteiger partial charge < -0.3 is 0 Å². The van der Waals surface area contributed by atoms with E-state index in [2.05, 4.69) is 11.8 Å². The topological polar surface area (TPSA) is 17.1 Å². The Hall–Kier alpha value is -1.07. The largest absolute Gasteiger partial charge is 0.294 e. The SMILES string of the molecule is CC#CCCC(=O)c1ccsc1. The second-order valence-electron chi connectivity index (χ2n) is 2.36. The van der Waals surface area contributed by atoms with E-state index in [4.69, 9.17) is 0 Å². The van der Waals surface area contributed by atoms with Crippen LogP contribution in [0.1, 0.15) is 30.1 Å². The Kier molecular flexibility index (Phi) is 3.56. The number of thiophene rings is 1. The van der Waals surface area contributed by atoms with Crippen molar-refractivity contribution in [3.8, 4) is 11.8 Å². The third-order valence-electron chi connectivity index (χ3n) is 1.50. The van der Waals surface area contributed by atoms with E-state index in [1.165, 1.54) is 0 Å². The molecule has 12 heavy (non-hydrogen) atoms. The molecule has 0 aliphatic carbocycles. The third-order valence-corrected chi connectivity index (χ3v) is 2.18. The van der Waals surface area contributed by atoms with Crippen LogP contribution in [0.2, 0.25) is 0 Å². The van der Waals surface area contributed by atoms with Crippen LogP contribution in [0.15, 0.2) is 16.8 Å². The van der Waals surface area contributed by atoms with Crippen molar-refractivity contribution in [3.63, 3.8) is 0 Å². The van der Waals surface area contributed by atoms with Crippen molar-refractivity contribution >= 4 is 17.1 Å².